The van der Waals surface area contributed by atoms with Crippen molar-refractivity contribution < 1.29 is 0 Å². The Balaban J connectivity index is 1.27. The quantitative estimate of drug-likeness (QED) is 0.223. The van der Waals surface area contributed by atoms with E-state index in [4.69, 9.17) is 0 Å². The van der Waals surface area contributed by atoms with Gasteiger partial charge in [0.15, 0.2) is 0 Å². The molecule has 0 radical (unpaired) electrons. The number of aromatic nitrogens is 2. The van der Waals surface area contributed by atoms with Crippen LogP contribution < -0.4 is 0 Å². The van der Waals surface area contributed by atoms with Gasteiger partial charge < -0.3 is 9.13 Å². The highest BCUT2D eigenvalue weighted by Crippen LogP contribution is 2.48. The largest absolute Gasteiger partial charge is 0.309 e. The van der Waals surface area contributed by atoms with Crippen molar-refractivity contribution in [2.75, 3.05) is 0 Å². The highest BCUT2D eigenvalue weighted by Gasteiger charge is 2.24. The first-order chi connectivity index (χ1) is 19.4. The van der Waals surface area contributed by atoms with Gasteiger partial charge in [0.05, 0.1) is 27.8 Å². The Labute approximate surface area is 229 Å². The summed E-state index contributed by atoms with van der Waals surface area (Å²) in [4.78, 5) is 2.62. The number of rotatable bonds is 2. The molecule has 39 heavy (non-hydrogen) atoms. The zero-order valence-corrected chi connectivity index (χ0v) is 21.8. The minimum absolute atomic E-state index is 1.18. The third-order valence-corrected chi connectivity index (χ3v) is 9.23. The molecule has 6 aromatic carbocycles. The highest BCUT2D eigenvalue weighted by molar-refractivity contribution is 7.99. The van der Waals surface area contributed by atoms with E-state index in [1.54, 1.807) is 0 Å². The molecule has 2 aromatic heterocycles. The van der Waals surface area contributed by atoms with E-state index in [0.717, 1.165) is 0 Å². The van der Waals surface area contributed by atoms with Crippen molar-refractivity contribution >= 4 is 55.4 Å². The molecule has 0 spiro atoms. The van der Waals surface area contributed by atoms with Crippen molar-refractivity contribution in [2.24, 2.45) is 0 Å². The van der Waals surface area contributed by atoms with Gasteiger partial charge in [0.1, 0.15) is 0 Å². The number of hydrogen-bond donors (Lipinski definition) is 0. The lowest BCUT2D eigenvalue weighted by atomic mass is 9.99. The van der Waals surface area contributed by atoms with Crippen LogP contribution in [-0.2, 0) is 0 Å². The lowest BCUT2D eigenvalue weighted by molar-refractivity contribution is 1.09. The van der Waals surface area contributed by atoms with Gasteiger partial charge in [-0.25, -0.2) is 0 Å². The average molecular weight is 515 g/mol. The predicted octanol–water partition coefficient (Wildman–Crippen LogP) is 10.0. The Morgan fingerprint density at radius 3 is 1.85 bits per heavy atom. The van der Waals surface area contributed by atoms with Gasteiger partial charge in [-0.3, -0.25) is 0 Å². The molecule has 0 amide bonds. The lowest BCUT2D eigenvalue weighted by Gasteiger charge is -2.19. The zero-order valence-electron chi connectivity index (χ0n) is 21.0. The van der Waals surface area contributed by atoms with Crippen LogP contribution in [0.2, 0.25) is 0 Å². The molecule has 0 unspecified atom stereocenters. The molecule has 0 bridgehead atoms. The fourth-order valence-electron chi connectivity index (χ4n) is 6.50. The Hall–Kier alpha value is -4.73. The summed E-state index contributed by atoms with van der Waals surface area (Å²) in [5.41, 5.74) is 9.98. The molecule has 8 aromatic rings. The van der Waals surface area contributed by atoms with Crippen molar-refractivity contribution in [1.29, 1.82) is 0 Å². The van der Waals surface area contributed by atoms with E-state index in [0.29, 0.717) is 0 Å². The molecule has 0 saturated heterocycles. The summed E-state index contributed by atoms with van der Waals surface area (Å²) in [7, 11) is 0. The highest BCUT2D eigenvalue weighted by atomic mass is 32.2. The summed E-state index contributed by atoms with van der Waals surface area (Å²) in [5.74, 6) is 0. The SMILES string of the molecule is c1ccc2c(c1)Sc1cccc3c4c(-c5ccc(-n6c7ccccc7c7ccccc76)cc5)cccc4n-2c13. The van der Waals surface area contributed by atoms with E-state index in [-0.39, 0.29) is 0 Å². The molecule has 3 heteroatoms. The number of nitrogens with zero attached hydrogens (tertiary/aromatic N) is 2. The molecule has 0 N–H and O–H groups in total. The van der Waals surface area contributed by atoms with Crippen LogP contribution in [0.3, 0.4) is 0 Å². The Bertz CT molecular complexity index is 2200. The van der Waals surface area contributed by atoms with E-state index in [1.165, 1.54) is 75.9 Å². The van der Waals surface area contributed by atoms with E-state index < -0.39 is 0 Å². The van der Waals surface area contributed by atoms with E-state index >= 15 is 0 Å². The minimum Gasteiger partial charge on any atom is -0.309 e. The van der Waals surface area contributed by atoms with Crippen LogP contribution in [0.1, 0.15) is 0 Å². The van der Waals surface area contributed by atoms with Gasteiger partial charge in [0, 0.05) is 37.0 Å². The van der Waals surface area contributed by atoms with Gasteiger partial charge in [-0.1, -0.05) is 96.7 Å². The summed E-state index contributed by atoms with van der Waals surface area (Å²) >= 11 is 1.87. The summed E-state index contributed by atoms with van der Waals surface area (Å²) in [6.07, 6.45) is 0. The fourth-order valence-corrected chi connectivity index (χ4v) is 7.59. The van der Waals surface area contributed by atoms with Gasteiger partial charge in [0.25, 0.3) is 0 Å². The summed E-state index contributed by atoms with van der Waals surface area (Å²) < 4.78 is 4.84. The first-order valence-electron chi connectivity index (χ1n) is 13.3. The third kappa shape index (κ3) is 2.88. The number of hydrogen-bond acceptors (Lipinski definition) is 1. The molecule has 3 heterocycles. The summed E-state index contributed by atoms with van der Waals surface area (Å²) in [6.45, 7) is 0. The Morgan fingerprint density at radius 2 is 1.05 bits per heavy atom. The van der Waals surface area contributed by atoms with Crippen molar-refractivity contribution in [3.63, 3.8) is 0 Å². The number of fused-ring (bicyclic) bond motifs is 8. The predicted molar refractivity (Wildman–Crippen MR) is 165 cm³/mol. The first-order valence-corrected chi connectivity index (χ1v) is 14.1. The van der Waals surface area contributed by atoms with Crippen LogP contribution >= 0.6 is 11.8 Å². The van der Waals surface area contributed by atoms with E-state index in [1.807, 2.05) is 11.8 Å². The Kier molecular flexibility index (Phi) is 4.29. The monoisotopic (exact) mass is 514 g/mol. The van der Waals surface area contributed by atoms with Crippen molar-refractivity contribution in [3.05, 3.63) is 133 Å². The normalized spacial score (nSPS) is 12.5. The molecule has 1 aliphatic heterocycles. The van der Waals surface area contributed by atoms with Crippen LogP contribution in [0, 0.1) is 0 Å². The van der Waals surface area contributed by atoms with Crippen molar-refractivity contribution in [3.8, 4) is 22.5 Å². The molecule has 0 fully saturated rings. The molecule has 182 valence electrons. The van der Waals surface area contributed by atoms with Crippen LogP contribution in [0.25, 0.3) is 66.1 Å². The zero-order chi connectivity index (χ0) is 25.5. The molecule has 0 aliphatic carbocycles. The first kappa shape index (κ1) is 21.2. The summed E-state index contributed by atoms with van der Waals surface area (Å²) in [6, 6.07) is 48.7. The van der Waals surface area contributed by atoms with Gasteiger partial charge in [-0.2, -0.15) is 0 Å². The van der Waals surface area contributed by atoms with E-state index in [9.17, 15) is 0 Å². The molecule has 2 nitrogen and oxygen atoms in total. The van der Waals surface area contributed by atoms with Gasteiger partial charge in [0.2, 0.25) is 0 Å². The average Bonchev–Trinajstić information content (AvgIpc) is 3.52. The van der Waals surface area contributed by atoms with Crippen LogP contribution in [-0.4, -0.2) is 9.13 Å². The minimum atomic E-state index is 1.18. The third-order valence-electron chi connectivity index (χ3n) is 8.12. The van der Waals surface area contributed by atoms with Crippen LogP contribution in [0.5, 0.6) is 0 Å². The lowest BCUT2D eigenvalue weighted by Crippen LogP contribution is -2.00. The summed E-state index contributed by atoms with van der Waals surface area (Å²) in [5, 5.41) is 5.20. The van der Waals surface area contributed by atoms with Crippen LogP contribution in [0.15, 0.2) is 143 Å². The second-order valence-electron chi connectivity index (χ2n) is 10.2. The standard InChI is InChI=1S/C36H22N2S/c1-3-13-29-26(9-1)27-10-2-4-14-30(27)37(29)24-21-19-23(20-22-24)25-11-7-16-32-35(25)28-12-8-18-34-36(28)38(32)31-15-5-6-17-33(31)39-34/h1-22H. The molecule has 1 aliphatic rings. The molecule has 0 saturated carbocycles. The molecular formula is C36H22N2S. The number of para-hydroxylation sites is 4. The van der Waals surface area contributed by atoms with Gasteiger partial charge >= 0.3 is 0 Å². The maximum atomic E-state index is 2.46. The van der Waals surface area contributed by atoms with Crippen LogP contribution in [0.4, 0.5) is 0 Å². The smallest absolute Gasteiger partial charge is 0.0681 e. The van der Waals surface area contributed by atoms with Gasteiger partial charge in [-0.05, 0) is 59.7 Å². The van der Waals surface area contributed by atoms with E-state index in [2.05, 4.69) is 143 Å². The van der Waals surface area contributed by atoms with Crippen molar-refractivity contribution in [2.45, 2.75) is 9.79 Å². The maximum Gasteiger partial charge on any atom is 0.0681 e. The number of benzene rings is 6. The molecule has 0 atom stereocenters. The Morgan fingerprint density at radius 1 is 0.436 bits per heavy atom. The molecule has 9 rings (SSSR count). The second kappa shape index (κ2) is 7.89. The van der Waals surface area contributed by atoms with Gasteiger partial charge in [-0.15, -0.1) is 0 Å². The maximum absolute atomic E-state index is 2.46. The second-order valence-corrected chi connectivity index (χ2v) is 11.3. The van der Waals surface area contributed by atoms with Crippen molar-refractivity contribution in [1.82, 2.24) is 9.13 Å². The molecular weight excluding hydrogens is 492 g/mol. The topological polar surface area (TPSA) is 9.86 Å². The fraction of sp³-hybridized carbons (Fsp3) is 0.